The summed E-state index contributed by atoms with van der Waals surface area (Å²) in [5, 5.41) is 1.01. The van der Waals surface area contributed by atoms with Gasteiger partial charge in [0.2, 0.25) is 5.78 Å². The van der Waals surface area contributed by atoms with Crippen LogP contribution in [0.15, 0.2) is 60.4 Å². The second-order valence-electron chi connectivity index (χ2n) is 8.40. The standard InChI is InChI=1S/C27H23Cl2NO3/c1-17-12-23-21(15-30(16-32-23)11-5-8-18-6-3-2-4-7-18)27-25(17)26(31)24(33-27)13-19-9-10-20(28)14-22(19)29/h2-4,6-7,9-10,12-14H,5,8,11,15-16H2,1H3/b24-13-. The fraction of sp³-hybridized carbons (Fsp3) is 0.222. The molecule has 0 amide bonds. The van der Waals surface area contributed by atoms with Gasteiger partial charge in [-0.25, -0.2) is 0 Å². The SMILES string of the molecule is Cc1cc2c(c3c1C(=O)/C(=C/c1ccc(Cl)cc1Cl)O3)CN(CCCc1ccccc1)CO2. The number of allylic oxidation sites excluding steroid dienone is 1. The molecule has 3 aromatic carbocycles. The summed E-state index contributed by atoms with van der Waals surface area (Å²) in [5.41, 5.74) is 4.37. The average molecular weight is 480 g/mol. The minimum Gasteiger partial charge on any atom is -0.478 e. The number of nitrogens with zero attached hydrogens (tertiary/aromatic N) is 1. The molecule has 33 heavy (non-hydrogen) atoms. The van der Waals surface area contributed by atoms with Crippen molar-refractivity contribution < 1.29 is 14.3 Å². The third-order valence-electron chi connectivity index (χ3n) is 6.02. The molecule has 0 atom stereocenters. The lowest BCUT2D eigenvalue weighted by atomic mass is 9.98. The summed E-state index contributed by atoms with van der Waals surface area (Å²) in [6.07, 6.45) is 3.71. The Morgan fingerprint density at radius 3 is 2.70 bits per heavy atom. The van der Waals surface area contributed by atoms with Crippen LogP contribution in [-0.4, -0.2) is 24.0 Å². The highest BCUT2D eigenvalue weighted by atomic mass is 35.5. The number of rotatable bonds is 5. The van der Waals surface area contributed by atoms with Crippen molar-refractivity contribution >= 4 is 35.1 Å². The zero-order valence-electron chi connectivity index (χ0n) is 18.2. The molecular formula is C27H23Cl2NO3. The zero-order valence-corrected chi connectivity index (χ0v) is 19.7. The van der Waals surface area contributed by atoms with Gasteiger partial charge in [-0.1, -0.05) is 59.6 Å². The maximum absolute atomic E-state index is 13.2. The van der Waals surface area contributed by atoms with E-state index in [4.69, 9.17) is 32.7 Å². The molecule has 3 aromatic rings. The summed E-state index contributed by atoms with van der Waals surface area (Å²) in [6, 6.07) is 17.6. The molecule has 0 aromatic heterocycles. The summed E-state index contributed by atoms with van der Waals surface area (Å²) in [5.74, 6) is 1.49. The van der Waals surface area contributed by atoms with Crippen LogP contribution in [0.1, 0.15) is 39.0 Å². The van der Waals surface area contributed by atoms with Crippen molar-refractivity contribution in [1.29, 1.82) is 0 Å². The van der Waals surface area contributed by atoms with Crippen LogP contribution in [0, 0.1) is 6.92 Å². The van der Waals surface area contributed by atoms with Gasteiger partial charge < -0.3 is 9.47 Å². The maximum Gasteiger partial charge on any atom is 0.232 e. The van der Waals surface area contributed by atoms with E-state index in [1.54, 1.807) is 24.3 Å². The van der Waals surface area contributed by atoms with E-state index in [1.807, 2.05) is 19.1 Å². The molecule has 2 aliphatic heterocycles. The van der Waals surface area contributed by atoms with Crippen LogP contribution in [0.2, 0.25) is 10.0 Å². The van der Waals surface area contributed by atoms with E-state index in [0.717, 1.165) is 36.3 Å². The van der Waals surface area contributed by atoms with E-state index >= 15 is 0 Å². The first-order valence-electron chi connectivity index (χ1n) is 10.9. The van der Waals surface area contributed by atoms with Gasteiger partial charge in [0.1, 0.15) is 18.2 Å². The lowest BCUT2D eigenvalue weighted by Crippen LogP contribution is -2.33. The Bertz CT molecular complexity index is 1250. The maximum atomic E-state index is 13.2. The van der Waals surface area contributed by atoms with Gasteiger partial charge in [0.05, 0.1) is 11.1 Å². The second kappa shape index (κ2) is 9.22. The summed E-state index contributed by atoms with van der Waals surface area (Å²) in [4.78, 5) is 15.4. The van der Waals surface area contributed by atoms with Crippen molar-refractivity contribution in [1.82, 2.24) is 4.90 Å². The third kappa shape index (κ3) is 4.51. The van der Waals surface area contributed by atoms with E-state index < -0.39 is 0 Å². The summed E-state index contributed by atoms with van der Waals surface area (Å²) in [7, 11) is 0. The van der Waals surface area contributed by atoms with Crippen molar-refractivity contribution in [3.63, 3.8) is 0 Å². The van der Waals surface area contributed by atoms with Gasteiger partial charge in [-0.3, -0.25) is 9.69 Å². The molecule has 4 nitrogen and oxygen atoms in total. The first-order valence-corrected chi connectivity index (χ1v) is 11.7. The van der Waals surface area contributed by atoms with E-state index in [-0.39, 0.29) is 11.5 Å². The van der Waals surface area contributed by atoms with Gasteiger partial charge in [-0.05, 0) is 60.7 Å². The van der Waals surface area contributed by atoms with Crippen LogP contribution in [0.5, 0.6) is 11.5 Å². The number of aryl methyl sites for hydroxylation is 2. The second-order valence-corrected chi connectivity index (χ2v) is 9.24. The molecule has 6 heteroatoms. The zero-order chi connectivity index (χ0) is 22.9. The van der Waals surface area contributed by atoms with Crippen molar-refractivity contribution in [2.75, 3.05) is 13.3 Å². The molecule has 0 bridgehead atoms. The van der Waals surface area contributed by atoms with Crippen molar-refractivity contribution in [2.24, 2.45) is 0 Å². The summed E-state index contributed by atoms with van der Waals surface area (Å²) in [6.45, 7) is 4.01. The Morgan fingerprint density at radius 2 is 1.91 bits per heavy atom. The highest BCUT2D eigenvalue weighted by Gasteiger charge is 2.35. The molecule has 0 unspecified atom stereocenters. The van der Waals surface area contributed by atoms with Gasteiger partial charge in [0, 0.05) is 23.1 Å². The van der Waals surface area contributed by atoms with Gasteiger partial charge in [0.25, 0.3) is 0 Å². The number of carbonyl (C=O) groups is 1. The Morgan fingerprint density at radius 1 is 1.09 bits per heavy atom. The number of hydrogen-bond acceptors (Lipinski definition) is 4. The van der Waals surface area contributed by atoms with E-state index in [2.05, 4.69) is 29.2 Å². The molecule has 0 radical (unpaired) electrons. The van der Waals surface area contributed by atoms with E-state index in [9.17, 15) is 4.79 Å². The van der Waals surface area contributed by atoms with Crippen LogP contribution in [0.3, 0.4) is 0 Å². The molecule has 2 aliphatic rings. The smallest absolute Gasteiger partial charge is 0.232 e. The van der Waals surface area contributed by atoms with Crippen molar-refractivity contribution in [3.05, 3.63) is 98.2 Å². The lowest BCUT2D eigenvalue weighted by Gasteiger charge is -2.30. The Labute approximate surface area is 203 Å². The predicted octanol–water partition coefficient (Wildman–Crippen LogP) is 6.70. The van der Waals surface area contributed by atoms with Gasteiger partial charge in [0.15, 0.2) is 5.76 Å². The topological polar surface area (TPSA) is 38.8 Å². The average Bonchev–Trinajstić information content (AvgIpc) is 3.14. The van der Waals surface area contributed by atoms with Crippen LogP contribution in [0.4, 0.5) is 0 Å². The Hall–Kier alpha value is -2.79. The van der Waals surface area contributed by atoms with Crippen LogP contribution in [-0.2, 0) is 13.0 Å². The molecule has 0 fully saturated rings. The van der Waals surface area contributed by atoms with Gasteiger partial charge >= 0.3 is 0 Å². The quantitative estimate of drug-likeness (QED) is 0.381. The Kier molecular flexibility index (Phi) is 6.15. The molecule has 168 valence electrons. The summed E-state index contributed by atoms with van der Waals surface area (Å²) < 4.78 is 12.2. The third-order valence-corrected chi connectivity index (χ3v) is 6.58. The minimum atomic E-state index is -0.141. The lowest BCUT2D eigenvalue weighted by molar-refractivity contribution is 0.0928. The molecular weight excluding hydrogens is 457 g/mol. The molecule has 0 saturated carbocycles. The van der Waals surface area contributed by atoms with Crippen LogP contribution >= 0.6 is 23.2 Å². The first kappa shape index (κ1) is 22.0. The number of ketones is 1. The number of carbonyl (C=O) groups excluding carboxylic acids is 1. The van der Waals surface area contributed by atoms with Gasteiger partial charge in [-0.2, -0.15) is 0 Å². The van der Waals surface area contributed by atoms with Crippen molar-refractivity contribution in [3.8, 4) is 11.5 Å². The highest BCUT2D eigenvalue weighted by molar-refractivity contribution is 6.35. The van der Waals surface area contributed by atoms with Crippen LogP contribution in [0.25, 0.3) is 6.08 Å². The number of ether oxygens (including phenoxy) is 2. The predicted molar refractivity (Wildman–Crippen MR) is 131 cm³/mol. The Balaban J connectivity index is 1.37. The summed E-state index contributed by atoms with van der Waals surface area (Å²) >= 11 is 12.3. The normalized spacial score (nSPS) is 16.3. The number of halogens is 2. The number of Topliss-reactive ketones (excluding diaryl/α,β-unsaturated/α-hetero) is 1. The monoisotopic (exact) mass is 479 g/mol. The van der Waals surface area contributed by atoms with Crippen LogP contribution < -0.4 is 9.47 Å². The molecule has 2 heterocycles. The van der Waals surface area contributed by atoms with E-state index in [1.165, 1.54) is 5.56 Å². The molecule has 0 spiro atoms. The number of benzene rings is 3. The van der Waals surface area contributed by atoms with Gasteiger partial charge in [-0.15, -0.1) is 0 Å². The minimum absolute atomic E-state index is 0.141. The van der Waals surface area contributed by atoms with E-state index in [0.29, 0.717) is 40.2 Å². The molecule has 5 rings (SSSR count). The first-order chi connectivity index (χ1) is 16.0. The molecule has 0 aliphatic carbocycles. The number of fused-ring (bicyclic) bond motifs is 3. The fourth-order valence-corrected chi connectivity index (χ4v) is 4.79. The molecule has 0 saturated heterocycles. The van der Waals surface area contributed by atoms with Crippen molar-refractivity contribution in [2.45, 2.75) is 26.3 Å². The highest BCUT2D eigenvalue weighted by Crippen LogP contribution is 2.44. The number of hydrogen-bond donors (Lipinski definition) is 0. The fourth-order valence-electron chi connectivity index (χ4n) is 4.33. The molecule has 0 N–H and O–H groups in total. The largest absolute Gasteiger partial charge is 0.478 e.